The van der Waals surface area contributed by atoms with Crippen LogP contribution in [0.5, 0.6) is 0 Å². The SMILES string of the molecule is CC[C@@H](C)NC(=O)NC(=O)COC(=O)CCC(=O)N1CCN(C(C)=O)CC1. The minimum atomic E-state index is -0.740. The normalized spacial score (nSPS) is 14.9. The van der Waals surface area contributed by atoms with Crippen molar-refractivity contribution in [3.05, 3.63) is 0 Å². The molecule has 1 atom stereocenters. The molecule has 1 aliphatic rings. The van der Waals surface area contributed by atoms with Crippen molar-refractivity contribution < 1.29 is 28.7 Å². The monoisotopic (exact) mass is 384 g/mol. The fourth-order valence-electron chi connectivity index (χ4n) is 2.38. The Morgan fingerprint density at radius 1 is 1.00 bits per heavy atom. The summed E-state index contributed by atoms with van der Waals surface area (Å²) in [6.07, 6.45) is 0.529. The van der Waals surface area contributed by atoms with E-state index in [-0.39, 0.29) is 30.7 Å². The molecule has 2 N–H and O–H groups in total. The van der Waals surface area contributed by atoms with Crippen LogP contribution in [0.4, 0.5) is 4.79 Å². The van der Waals surface area contributed by atoms with Gasteiger partial charge in [0.25, 0.3) is 5.91 Å². The summed E-state index contributed by atoms with van der Waals surface area (Å²) >= 11 is 0. The maximum Gasteiger partial charge on any atom is 0.321 e. The second-order valence-corrected chi connectivity index (χ2v) is 6.38. The summed E-state index contributed by atoms with van der Waals surface area (Å²) < 4.78 is 4.77. The Labute approximate surface area is 158 Å². The fraction of sp³-hybridized carbons (Fsp3) is 0.706. The molecule has 1 aliphatic heterocycles. The highest BCUT2D eigenvalue weighted by Crippen LogP contribution is 2.06. The number of esters is 1. The Morgan fingerprint density at radius 3 is 2.15 bits per heavy atom. The van der Waals surface area contributed by atoms with Crippen molar-refractivity contribution in [2.45, 2.75) is 46.1 Å². The number of hydrogen-bond donors (Lipinski definition) is 2. The van der Waals surface area contributed by atoms with Crippen LogP contribution in [0.1, 0.15) is 40.0 Å². The number of nitrogens with zero attached hydrogens (tertiary/aromatic N) is 2. The summed E-state index contributed by atoms with van der Waals surface area (Å²) in [5, 5.41) is 4.61. The van der Waals surface area contributed by atoms with Crippen LogP contribution in [0.25, 0.3) is 0 Å². The van der Waals surface area contributed by atoms with E-state index in [1.807, 2.05) is 6.92 Å². The average Bonchev–Trinajstić information content (AvgIpc) is 2.64. The number of ether oxygens (including phenoxy) is 1. The molecule has 0 saturated carbocycles. The lowest BCUT2D eigenvalue weighted by Crippen LogP contribution is -2.50. The van der Waals surface area contributed by atoms with Gasteiger partial charge >= 0.3 is 12.0 Å². The lowest BCUT2D eigenvalue weighted by atomic mass is 10.2. The number of piperazine rings is 1. The van der Waals surface area contributed by atoms with Gasteiger partial charge in [-0.05, 0) is 13.3 Å². The lowest BCUT2D eigenvalue weighted by molar-refractivity contribution is -0.150. The molecular formula is C17H28N4O6. The van der Waals surface area contributed by atoms with E-state index in [0.717, 1.165) is 0 Å². The van der Waals surface area contributed by atoms with Crippen molar-refractivity contribution in [2.24, 2.45) is 0 Å². The molecule has 0 aromatic carbocycles. The summed E-state index contributed by atoms with van der Waals surface area (Å²) in [4.78, 5) is 61.3. The molecule has 152 valence electrons. The number of hydrogen-bond acceptors (Lipinski definition) is 6. The molecule has 27 heavy (non-hydrogen) atoms. The van der Waals surface area contributed by atoms with Crippen LogP contribution in [-0.4, -0.2) is 78.3 Å². The van der Waals surface area contributed by atoms with Crippen molar-refractivity contribution in [3.8, 4) is 0 Å². The first-order chi connectivity index (χ1) is 12.7. The fourth-order valence-corrected chi connectivity index (χ4v) is 2.38. The molecule has 1 heterocycles. The van der Waals surface area contributed by atoms with Crippen LogP contribution in [0.2, 0.25) is 0 Å². The van der Waals surface area contributed by atoms with Crippen molar-refractivity contribution in [1.82, 2.24) is 20.4 Å². The van der Waals surface area contributed by atoms with Crippen molar-refractivity contribution >= 4 is 29.7 Å². The second-order valence-electron chi connectivity index (χ2n) is 6.38. The van der Waals surface area contributed by atoms with Gasteiger partial charge in [-0.2, -0.15) is 0 Å². The summed E-state index contributed by atoms with van der Waals surface area (Å²) in [5.74, 6) is -1.66. The number of carbonyl (C=O) groups excluding carboxylic acids is 5. The second kappa shape index (κ2) is 11.1. The molecule has 10 heteroatoms. The van der Waals surface area contributed by atoms with Gasteiger partial charge < -0.3 is 19.9 Å². The quantitative estimate of drug-likeness (QED) is 0.577. The van der Waals surface area contributed by atoms with Crippen LogP contribution >= 0.6 is 0 Å². The Hall–Kier alpha value is -2.65. The van der Waals surface area contributed by atoms with E-state index in [0.29, 0.717) is 32.6 Å². The van der Waals surface area contributed by atoms with Crippen LogP contribution < -0.4 is 10.6 Å². The largest absolute Gasteiger partial charge is 0.456 e. The minimum Gasteiger partial charge on any atom is -0.456 e. The van der Waals surface area contributed by atoms with E-state index in [1.165, 1.54) is 6.92 Å². The number of imide groups is 1. The van der Waals surface area contributed by atoms with E-state index >= 15 is 0 Å². The molecule has 1 saturated heterocycles. The summed E-state index contributed by atoms with van der Waals surface area (Å²) in [5.41, 5.74) is 0. The van der Waals surface area contributed by atoms with Crippen LogP contribution in [0.15, 0.2) is 0 Å². The topological polar surface area (TPSA) is 125 Å². The molecule has 10 nitrogen and oxygen atoms in total. The van der Waals surface area contributed by atoms with Gasteiger partial charge in [0.15, 0.2) is 6.61 Å². The number of amides is 5. The van der Waals surface area contributed by atoms with Gasteiger partial charge in [-0.15, -0.1) is 0 Å². The van der Waals surface area contributed by atoms with Gasteiger partial charge in [-0.1, -0.05) is 6.92 Å². The molecule has 0 radical (unpaired) electrons. The van der Waals surface area contributed by atoms with Crippen LogP contribution in [0.3, 0.4) is 0 Å². The van der Waals surface area contributed by atoms with Crippen molar-refractivity contribution in [2.75, 3.05) is 32.8 Å². The Balaban J connectivity index is 2.21. The van der Waals surface area contributed by atoms with Crippen molar-refractivity contribution in [1.29, 1.82) is 0 Å². The van der Waals surface area contributed by atoms with Gasteiger partial charge in [0, 0.05) is 45.6 Å². The van der Waals surface area contributed by atoms with Gasteiger partial charge in [-0.25, -0.2) is 4.79 Å². The zero-order valence-electron chi connectivity index (χ0n) is 16.1. The number of nitrogens with one attached hydrogen (secondary N) is 2. The molecule has 0 bridgehead atoms. The summed E-state index contributed by atoms with van der Waals surface area (Å²) in [7, 11) is 0. The molecule has 0 spiro atoms. The molecule has 1 rings (SSSR count). The van der Waals surface area contributed by atoms with E-state index in [1.54, 1.807) is 16.7 Å². The predicted octanol–water partition coefficient (Wildman–Crippen LogP) is -0.375. The third-order valence-corrected chi connectivity index (χ3v) is 4.23. The van der Waals surface area contributed by atoms with Crippen molar-refractivity contribution in [3.63, 3.8) is 0 Å². The van der Waals surface area contributed by atoms with Gasteiger partial charge in [-0.3, -0.25) is 24.5 Å². The minimum absolute atomic E-state index is 0.0261. The first-order valence-electron chi connectivity index (χ1n) is 9.02. The molecular weight excluding hydrogens is 356 g/mol. The lowest BCUT2D eigenvalue weighted by Gasteiger charge is -2.34. The molecule has 0 unspecified atom stereocenters. The number of carbonyl (C=O) groups is 5. The van der Waals surface area contributed by atoms with Crippen LogP contribution in [0, 0.1) is 0 Å². The maximum atomic E-state index is 12.1. The Kier molecular flexibility index (Phi) is 9.24. The third kappa shape index (κ3) is 8.52. The highest BCUT2D eigenvalue weighted by Gasteiger charge is 2.23. The number of urea groups is 1. The van der Waals surface area contributed by atoms with E-state index in [9.17, 15) is 24.0 Å². The van der Waals surface area contributed by atoms with E-state index in [2.05, 4.69) is 10.6 Å². The molecule has 0 aromatic heterocycles. The predicted molar refractivity (Wildman–Crippen MR) is 95.5 cm³/mol. The summed E-state index contributed by atoms with van der Waals surface area (Å²) in [6.45, 7) is 6.40. The Morgan fingerprint density at radius 2 is 1.59 bits per heavy atom. The highest BCUT2D eigenvalue weighted by molar-refractivity contribution is 5.95. The number of rotatable bonds is 7. The van der Waals surface area contributed by atoms with Gasteiger partial charge in [0.1, 0.15) is 0 Å². The van der Waals surface area contributed by atoms with Gasteiger partial charge in [0.05, 0.1) is 6.42 Å². The van der Waals surface area contributed by atoms with E-state index in [4.69, 9.17) is 4.74 Å². The van der Waals surface area contributed by atoms with Gasteiger partial charge in [0.2, 0.25) is 11.8 Å². The third-order valence-electron chi connectivity index (χ3n) is 4.23. The Bertz CT molecular complexity index is 572. The zero-order valence-corrected chi connectivity index (χ0v) is 16.1. The summed E-state index contributed by atoms with van der Waals surface area (Å²) in [6, 6.07) is -0.728. The first-order valence-corrected chi connectivity index (χ1v) is 9.02. The maximum absolute atomic E-state index is 12.1. The average molecular weight is 384 g/mol. The molecule has 5 amide bonds. The zero-order chi connectivity index (χ0) is 20.4. The molecule has 0 aliphatic carbocycles. The van der Waals surface area contributed by atoms with Crippen LogP contribution in [-0.2, 0) is 23.9 Å². The van der Waals surface area contributed by atoms with E-state index < -0.39 is 24.5 Å². The molecule has 1 fully saturated rings. The smallest absolute Gasteiger partial charge is 0.321 e. The first kappa shape index (κ1) is 22.4. The standard InChI is InChI=1S/C17H28N4O6/c1-4-12(2)18-17(26)19-14(23)11-27-16(25)6-5-15(24)21-9-7-20(8-10-21)13(3)22/h12H,4-11H2,1-3H3,(H2,18,19,23,26)/t12-/m1/s1. The highest BCUT2D eigenvalue weighted by atomic mass is 16.5. The molecule has 0 aromatic rings.